The molecule has 0 bridgehead atoms. The SMILES string of the molecule is COC(OC)C(C)Sc1nnc2sc3ccccc3n12. The molecule has 106 valence electrons. The standard InChI is InChI=1S/C13H15N3O2S2/c1-8(11(17-2)18-3)19-12-14-15-13-16(12)9-6-4-5-7-10(9)20-13/h4-8,11H,1-3H3. The van der Waals surface area contributed by atoms with E-state index in [0.29, 0.717) is 0 Å². The zero-order valence-corrected chi connectivity index (χ0v) is 13.1. The number of ether oxygens (including phenoxy) is 2. The number of benzene rings is 1. The van der Waals surface area contributed by atoms with Crippen LogP contribution in [0, 0.1) is 0 Å². The lowest BCUT2D eigenvalue weighted by atomic mass is 10.3. The minimum atomic E-state index is -0.266. The largest absolute Gasteiger partial charge is 0.355 e. The molecule has 7 heteroatoms. The zero-order chi connectivity index (χ0) is 14.1. The predicted octanol–water partition coefficient (Wildman–Crippen LogP) is 3.04. The van der Waals surface area contributed by atoms with Crippen LogP contribution in [0.1, 0.15) is 6.92 Å². The lowest BCUT2D eigenvalue weighted by molar-refractivity contribution is -0.0988. The molecule has 1 unspecified atom stereocenters. The molecular weight excluding hydrogens is 294 g/mol. The van der Waals surface area contributed by atoms with E-state index in [0.717, 1.165) is 15.6 Å². The van der Waals surface area contributed by atoms with Crippen LogP contribution in [0.25, 0.3) is 15.2 Å². The molecule has 3 aromatic rings. The molecule has 0 fully saturated rings. The van der Waals surface area contributed by atoms with Crippen molar-refractivity contribution in [1.82, 2.24) is 14.6 Å². The van der Waals surface area contributed by atoms with Crippen LogP contribution in [-0.2, 0) is 9.47 Å². The fourth-order valence-electron chi connectivity index (χ4n) is 2.13. The molecule has 1 aromatic carbocycles. The van der Waals surface area contributed by atoms with Crippen molar-refractivity contribution < 1.29 is 9.47 Å². The number of fused-ring (bicyclic) bond motifs is 3. The summed E-state index contributed by atoms with van der Waals surface area (Å²) in [6, 6.07) is 8.24. The van der Waals surface area contributed by atoms with Crippen LogP contribution >= 0.6 is 23.1 Å². The van der Waals surface area contributed by atoms with Gasteiger partial charge in [0.1, 0.15) is 0 Å². The molecule has 0 radical (unpaired) electrons. The van der Waals surface area contributed by atoms with E-state index in [9.17, 15) is 0 Å². The van der Waals surface area contributed by atoms with Crippen LogP contribution in [0.15, 0.2) is 29.4 Å². The van der Waals surface area contributed by atoms with E-state index in [4.69, 9.17) is 9.47 Å². The normalized spacial score (nSPS) is 13.6. The first kappa shape index (κ1) is 13.8. The molecule has 3 rings (SSSR count). The van der Waals surface area contributed by atoms with Gasteiger partial charge in [-0.3, -0.25) is 4.40 Å². The van der Waals surface area contributed by atoms with E-state index < -0.39 is 0 Å². The maximum atomic E-state index is 5.29. The highest BCUT2D eigenvalue weighted by Crippen LogP contribution is 2.32. The minimum absolute atomic E-state index is 0.121. The van der Waals surface area contributed by atoms with Crippen LogP contribution in [-0.4, -0.2) is 40.4 Å². The number of methoxy groups -OCH3 is 2. The van der Waals surface area contributed by atoms with Gasteiger partial charge in [-0.05, 0) is 19.1 Å². The summed E-state index contributed by atoms with van der Waals surface area (Å²) in [5.74, 6) is 0. The van der Waals surface area contributed by atoms with Crippen molar-refractivity contribution in [3.8, 4) is 0 Å². The number of hydrogen-bond donors (Lipinski definition) is 0. The molecule has 0 aliphatic carbocycles. The average molecular weight is 309 g/mol. The van der Waals surface area contributed by atoms with Crippen molar-refractivity contribution in [2.45, 2.75) is 23.6 Å². The van der Waals surface area contributed by atoms with Gasteiger partial charge in [0, 0.05) is 14.2 Å². The molecule has 2 heterocycles. The van der Waals surface area contributed by atoms with Gasteiger partial charge < -0.3 is 9.47 Å². The summed E-state index contributed by atoms with van der Waals surface area (Å²) in [7, 11) is 3.29. The molecule has 1 atom stereocenters. The van der Waals surface area contributed by atoms with Gasteiger partial charge in [-0.1, -0.05) is 35.2 Å². The third kappa shape index (κ3) is 2.31. The third-order valence-corrected chi connectivity index (χ3v) is 5.13. The first-order valence-electron chi connectivity index (χ1n) is 6.19. The quantitative estimate of drug-likeness (QED) is 0.535. The maximum Gasteiger partial charge on any atom is 0.217 e. The fourth-order valence-corrected chi connectivity index (χ4v) is 4.20. The van der Waals surface area contributed by atoms with E-state index in [1.165, 1.54) is 4.70 Å². The maximum absolute atomic E-state index is 5.29. The van der Waals surface area contributed by atoms with E-state index in [1.807, 2.05) is 12.1 Å². The Bertz CT molecular complexity index is 721. The molecule has 0 spiro atoms. The molecule has 0 aliphatic rings. The monoisotopic (exact) mass is 309 g/mol. The number of hydrogen-bond acceptors (Lipinski definition) is 6. The Balaban J connectivity index is 1.99. The van der Waals surface area contributed by atoms with Crippen LogP contribution < -0.4 is 0 Å². The second-order valence-corrected chi connectivity index (χ2v) is 6.69. The Morgan fingerprint density at radius 2 is 1.95 bits per heavy atom. The summed E-state index contributed by atoms with van der Waals surface area (Å²) < 4.78 is 13.9. The van der Waals surface area contributed by atoms with Gasteiger partial charge in [-0.2, -0.15) is 0 Å². The first-order valence-corrected chi connectivity index (χ1v) is 7.89. The molecule has 2 aromatic heterocycles. The summed E-state index contributed by atoms with van der Waals surface area (Å²) in [5, 5.41) is 9.51. The lowest BCUT2D eigenvalue weighted by Gasteiger charge is -2.19. The van der Waals surface area contributed by atoms with Gasteiger partial charge in [0.15, 0.2) is 11.4 Å². The third-order valence-electron chi connectivity index (χ3n) is 3.05. The number of rotatable bonds is 5. The second-order valence-electron chi connectivity index (χ2n) is 4.33. The number of nitrogens with zero attached hydrogens (tertiary/aromatic N) is 3. The van der Waals surface area contributed by atoms with Gasteiger partial charge >= 0.3 is 0 Å². The topological polar surface area (TPSA) is 48.7 Å². The van der Waals surface area contributed by atoms with Gasteiger partial charge in [-0.15, -0.1) is 10.2 Å². The summed E-state index contributed by atoms with van der Waals surface area (Å²) >= 11 is 3.25. The fraction of sp³-hybridized carbons (Fsp3) is 0.385. The molecule has 0 N–H and O–H groups in total. The van der Waals surface area contributed by atoms with Gasteiger partial charge in [-0.25, -0.2) is 0 Å². The highest BCUT2D eigenvalue weighted by atomic mass is 32.2. The van der Waals surface area contributed by atoms with Gasteiger partial charge in [0.25, 0.3) is 0 Å². The number of para-hydroxylation sites is 1. The van der Waals surface area contributed by atoms with E-state index in [2.05, 4.69) is 33.7 Å². The van der Waals surface area contributed by atoms with E-state index >= 15 is 0 Å². The highest BCUT2D eigenvalue weighted by Gasteiger charge is 2.21. The summed E-state index contributed by atoms with van der Waals surface area (Å²) in [6.07, 6.45) is -0.266. The minimum Gasteiger partial charge on any atom is -0.355 e. The van der Waals surface area contributed by atoms with Gasteiger partial charge in [0.2, 0.25) is 4.96 Å². The zero-order valence-electron chi connectivity index (χ0n) is 11.4. The molecule has 0 saturated heterocycles. The molecule has 0 saturated carbocycles. The molecule has 0 amide bonds. The van der Waals surface area contributed by atoms with Crippen LogP contribution in [0.5, 0.6) is 0 Å². The molecule has 0 aliphatic heterocycles. The number of thiazole rings is 1. The smallest absolute Gasteiger partial charge is 0.217 e. The van der Waals surface area contributed by atoms with Crippen molar-refractivity contribution in [1.29, 1.82) is 0 Å². The summed E-state index contributed by atoms with van der Waals surface area (Å²) in [6.45, 7) is 2.05. The summed E-state index contributed by atoms with van der Waals surface area (Å²) in [5.41, 5.74) is 1.14. The second kappa shape index (κ2) is 5.69. The van der Waals surface area contributed by atoms with Crippen molar-refractivity contribution in [3.05, 3.63) is 24.3 Å². The van der Waals surface area contributed by atoms with E-state index in [1.54, 1.807) is 37.3 Å². The molecular formula is C13H15N3O2S2. The lowest BCUT2D eigenvalue weighted by Crippen LogP contribution is -2.24. The molecule has 5 nitrogen and oxygen atoms in total. The van der Waals surface area contributed by atoms with Crippen LogP contribution in [0.4, 0.5) is 0 Å². The summed E-state index contributed by atoms with van der Waals surface area (Å²) in [4.78, 5) is 0.910. The van der Waals surface area contributed by atoms with Crippen LogP contribution in [0.3, 0.4) is 0 Å². The predicted molar refractivity (Wildman–Crippen MR) is 81.5 cm³/mol. The van der Waals surface area contributed by atoms with Crippen molar-refractivity contribution in [2.24, 2.45) is 0 Å². The Morgan fingerprint density at radius 1 is 1.20 bits per heavy atom. The van der Waals surface area contributed by atoms with Crippen molar-refractivity contribution in [2.75, 3.05) is 14.2 Å². The number of aromatic nitrogens is 3. The van der Waals surface area contributed by atoms with E-state index in [-0.39, 0.29) is 11.5 Å². The number of thioether (sulfide) groups is 1. The Morgan fingerprint density at radius 3 is 2.70 bits per heavy atom. The van der Waals surface area contributed by atoms with Crippen molar-refractivity contribution in [3.63, 3.8) is 0 Å². The highest BCUT2D eigenvalue weighted by molar-refractivity contribution is 7.99. The Labute approximate surface area is 124 Å². The van der Waals surface area contributed by atoms with Crippen molar-refractivity contribution >= 4 is 38.3 Å². The average Bonchev–Trinajstić information content (AvgIpc) is 3.00. The van der Waals surface area contributed by atoms with Gasteiger partial charge in [0.05, 0.1) is 15.5 Å². The van der Waals surface area contributed by atoms with Crippen LogP contribution in [0.2, 0.25) is 0 Å². The first-order chi connectivity index (χ1) is 9.74. The Hall–Kier alpha value is -1.15. The molecule has 20 heavy (non-hydrogen) atoms. The Kier molecular flexibility index (Phi) is 3.93.